The molecule has 0 spiro atoms. The molecule has 5 nitrogen and oxygen atoms in total. The maximum Gasteiger partial charge on any atom is 0.326 e. The first-order chi connectivity index (χ1) is 9.82. The molecule has 0 aliphatic carbocycles. The number of carbonyl (C=O) groups is 2. The van der Waals surface area contributed by atoms with Gasteiger partial charge in [0.25, 0.3) is 5.91 Å². The molecule has 2 aromatic rings. The lowest BCUT2D eigenvalue weighted by Gasteiger charge is -2.17. The van der Waals surface area contributed by atoms with Gasteiger partial charge in [-0.1, -0.05) is 37.6 Å². The molecular weight excluding hydrogens is 294 g/mol. The number of benzene rings is 1. The molecule has 0 fully saturated rings. The smallest absolute Gasteiger partial charge is 0.326 e. The number of nitrogens with one attached hydrogen (secondary N) is 1. The number of hydrogen-bond donors (Lipinski definition) is 2. The van der Waals surface area contributed by atoms with Crippen molar-refractivity contribution < 1.29 is 19.1 Å². The van der Waals surface area contributed by atoms with Gasteiger partial charge in [-0.05, 0) is 18.9 Å². The quantitative estimate of drug-likeness (QED) is 0.908. The van der Waals surface area contributed by atoms with Gasteiger partial charge < -0.3 is 14.8 Å². The van der Waals surface area contributed by atoms with Crippen LogP contribution in [0.15, 0.2) is 22.6 Å². The van der Waals surface area contributed by atoms with Crippen molar-refractivity contribution in [3.05, 3.63) is 34.5 Å². The molecule has 2 N–H and O–H groups in total. The van der Waals surface area contributed by atoms with Gasteiger partial charge >= 0.3 is 5.97 Å². The molecule has 0 bridgehead atoms. The van der Waals surface area contributed by atoms with Crippen molar-refractivity contribution in [1.29, 1.82) is 0 Å². The van der Waals surface area contributed by atoms with Crippen LogP contribution in [0.25, 0.3) is 11.0 Å². The summed E-state index contributed by atoms with van der Waals surface area (Å²) in [5, 5.41) is 12.8. The summed E-state index contributed by atoms with van der Waals surface area (Å²) < 4.78 is 5.51. The third-order valence-electron chi connectivity index (χ3n) is 3.34. The van der Waals surface area contributed by atoms with Crippen LogP contribution < -0.4 is 5.32 Å². The highest BCUT2D eigenvalue weighted by molar-refractivity contribution is 6.35. The van der Waals surface area contributed by atoms with Crippen LogP contribution in [0, 0.1) is 12.8 Å². The van der Waals surface area contributed by atoms with E-state index in [9.17, 15) is 9.59 Å². The predicted molar refractivity (Wildman–Crippen MR) is 79.7 cm³/mol. The molecule has 2 rings (SSSR count). The standard InChI is InChI=1S/C15H16ClNO4/c1-7(2)11(15(19)20)17-14(18)12-8(3)9-5-4-6-10(16)13(9)21-12/h4-7,11H,1-3H3,(H,17,18)(H,19,20)/t11-/m1/s1. The Labute approximate surface area is 126 Å². The average Bonchev–Trinajstić information content (AvgIpc) is 2.74. The van der Waals surface area contributed by atoms with E-state index in [2.05, 4.69) is 5.32 Å². The van der Waals surface area contributed by atoms with E-state index in [-0.39, 0.29) is 11.7 Å². The number of carboxylic acid groups (broad SMARTS) is 1. The summed E-state index contributed by atoms with van der Waals surface area (Å²) in [5.74, 6) is -1.78. The minimum absolute atomic E-state index is 0.0880. The molecule has 0 saturated carbocycles. The summed E-state index contributed by atoms with van der Waals surface area (Å²) in [7, 11) is 0. The highest BCUT2D eigenvalue weighted by Gasteiger charge is 2.27. The minimum Gasteiger partial charge on any atom is -0.480 e. The van der Waals surface area contributed by atoms with Crippen LogP contribution in [-0.2, 0) is 4.79 Å². The van der Waals surface area contributed by atoms with Crippen molar-refractivity contribution in [2.24, 2.45) is 5.92 Å². The highest BCUT2D eigenvalue weighted by atomic mass is 35.5. The number of aliphatic carboxylic acids is 1. The summed E-state index contributed by atoms with van der Waals surface area (Å²) >= 11 is 6.03. The second-order valence-corrected chi connectivity index (χ2v) is 5.61. The van der Waals surface area contributed by atoms with Crippen molar-refractivity contribution in [2.45, 2.75) is 26.8 Å². The summed E-state index contributed by atoms with van der Waals surface area (Å²) in [4.78, 5) is 23.4. The van der Waals surface area contributed by atoms with Gasteiger partial charge in [-0.3, -0.25) is 4.79 Å². The van der Waals surface area contributed by atoms with E-state index >= 15 is 0 Å². The fraction of sp³-hybridized carbons (Fsp3) is 0.333. The Morgan fingerprint density at radius 3 is 2.52 bits per heavy atom. The Morgan fingerprint density at radius 1 is 1.33 bits per heavy atom. The zero-order chi connectivity index (χ0) is 15.7. The van der Waals surface area contributed by atoms with Crippen LogP contribution >= 0.6 is 11.6 Å². The largest absolute Gasteiger partial charge is 0.480 e. The van der Waals surface area contributed by atoms with E-state index in [4.69, 9.17) is 21.1 Å². The molecule has 21 heavy (non-hydrogen) atoms. The third-order valence-corrected chi connectivity index (χ3v) is 3.64. The molecule has 0 unspecified atom stereocenters. The molecule has 1 aromatic heterocycles. The van der Waals surface area contributed by atoms with Crippen molar-refractivity contribution in [2.75, 3.05) is 0 Å². The minimum atomic E-state index is -1.08. The number of para-hydroxylation sites is 1. The van der Waals surface area contributed by atoms with Crippen LogP contribution in [-0.4, -0.2) is 23.0 Å². The lowest BCUT2D eigenvalue weighted by molar-refractivity contribution is -0.140. The van der Waals surface area contributed by atoms with Gasteiger partial charge in [0, 0.05) is 10.9 Å². The van der Waals surface area contributed by atoms with Crippen LogP contribution in [0.5, 0.6) is 0 Å². The summed E-state index contributed by atoms with van der Waals surface area (Å²) in [6.07, 6.45) is 0. The van der Waals surface area contributed by atoms with Crippen LogP contribution in [0.2, 0.25) is 5.02 Å². The Hall–Kier alpha value is -2.01. The molecular formula is C15H16ClNO4. The Bertz CT molecular complexity index is 705. The van der Waals surface area contributed by atoms with Gasteiger partial charge in [-0.15, -0.1) is 0 Å². The number of carbonyl (C=O) groups excluding carboxylic acids is 1. The maximum absolute atomic E-state index is 12.3. The molecule has 0 aliphatic rings. The van der Waals surface area contributed by atoms with Crippen molar-refractivity contribution in [1.82, 2.24) is 5.32 Å². The zero-order valence-electron chi connectivity index (χ0n) is 11.9. The zero-order valence-corrected chi connectivity index (χ0v) is 12.7. The number of amides is 1. The molecule has 1 atom stereocenters. The van der Waals surface area contributed by atoms with Crippen molar-refractivity contribution >= 4 is 34.4 Å². The Morgan fingerprint density at radius 2 is 2.00 bits per heavy atom. The normalized spacial score (nSPS) is 12.6. The van der Waals surface area contributed by atoms with Gasteiger partial charge in [0.15, 0.2) is 11.3 Å². The summed E-state index contributed by atoms with van der Waals surface area (Å²) in [5.41, 5.74) is 1.07. The predicted octanol–water partition coefficient (Wildman–Crippen LogP) is 3.23. The van der Waals surface area contributed by atoms with E-state index < -0.39 is 17.9 Å². The molecule has 0 saturated heterocycles. The number of halogens is 1. The molecule has 0 radical (unpaired) electrons. The molecule has 1 aromatic carbocycles. The number of carboxylic acids is 1. The van der Waals surface area contributed by atoms with Gasteiger partial charge in [0.1, 0.15) is 6.04 Å². The van der Waals surface area contributed by atoms with Gasteiger partial charge in [0.2, 0.25) is 0 Å². The van der Waals surface area contributed by atoms with Gasteiger partial charge in [-0.2, -0.15) is 0 Å². The fourth-order valence-electron chi connectivity index (χ4n) is 2.15. The fourth-order valence-corrected chi connectivity index (χ4v) is 2.36. The van der Waals surface area contributed by atoms with Gasteiger partial charge in [-0.25, -0.2) is 4.79 Å². The third kappa shape index (κ3) is 2.88. The van der Waals surface area contributed by atoms with Crippen LogP contribution in [0.3, 0.4) is 0 Å². The number of fused-ring (bicyclic) bond motifs is 1. The van der Waals surface area contributed by atoms with Crippen molar-refractivity contribution in [3.63, 3.8) is 0 Å². The van der Waals surface area contributed by atoms with Gasteiger partial charge in [0.05, 0.1) is 5.02 Å². The summed E-state index contributed by atoms with van der Waals surface area (Å²) in [6, 6.07) is 4.26. The monoisotopic (exact) mass is 309 g/mol. The summed E-state index contributed by atoms with van der Waals surface area (Å²) in [6.45, 7) is 5.19. The number of aryl methyl sites for hydroxylation is 1. The first-order valence-electron chi connectivity index (χ1n) is 6.54. The second-order valence-electron chi connectivity index (χ2n) is 5.21. The Balaban J connectivity index is 2.38. The highest BCUT2D eigenvalue weighted by Crippen LogP contribution is 2.30. The number of furan rings is 1. The topological polar surface area (TPSA) is 79.5 Å². The first-order valence-corrected chi connectivity index (χ1v) is 6.92. The van der Waals surface area contributed by atoms with E-state index in [1.165, 1.54) is 0 Å². The molecule has 0 aliphatic heterocycles. The van der Waals surface area contributed by atoms with E-state index in [0.717, 1.165) is 5.39 Å². The van der Waals surface area contributed by atoms with E-state index in [1.807, 2.05) is 0 Å². The molecule has 1 amide bonds. The Kier molecular flexibility index (Phi) is 4.23. The van der Waals surface area contributed by atoms with Crippen LogP contribution in [0.4, 0.5) is 0 Å². The van der Waals surface area contributed by atoms with E-state index in [1.54, 1.807) is 39.0 Å². The molecule has 6 heteroatoms. The number of hydrogen-bond acceptors (Lipinski definition) is 3. The van der Waals surface area contributed by atoms with Crippen molar-refractivity contribution in [3.8, 4) is 0 Å². The second kappa shape index (κ2) is 5.77. The lowest BCUT2D eigenvalue weighted by atomic mass is 10.0. The lowest BCUT2D eigenvalue weighted by Crippen LogP contribution is -2.44. The average molecular weight is 310 g/mol. The first kappa shape index (κ1) is 15.4. The SMILES string of the molecule is Cc1c(C(=O)N[C@@H](C(=O)O)C(C)C)oc2c(Cl)cccc12. The maximum atomic E-state index is 12.3. The number of rotatable bonds is 4. The van der Waals surface area contributed by atoms with E-state index in [0.29, 0.717) is 16.2 Å². The molecule has 1 heterocycles. The molecule has 112 valence electrons. The van der Waals surface area contributed by atoms with Crippen LogP contribution in [0.1, 0.15) is 30.0 Å².